The number of ether oxygens (including phenoxy) is 1. The van der Waals surface area contributed by atoms with Crippen molar-refractivity contribution in [3.05, 3.63) is 82.4 Å². The van der Waals surface area contributed by atoms with Crippen molar-refractivity contribution < 1.29 is 17.9 Å². The number of rotatable bonds is 8. The molecule has 1 amide bonds. The first-order valence-electron chi connectivity index (χ1n) is 10.4. The van der Waals surface area contributed by atoms with Gasteiger partial charge >= 0.3 is 0 Å². The van der Waals surface area contributed by atoms with Crippen LogP contribution in [0, 0.1) is 13.8 Å². The summed E-state index contributed by atoms with van der Waals surface area (Å²) in [6.07, 6.45) is 0. The largest absolute Gasteiger partial charge is 0.383 e. The summed E-state index contributed by atoms with van der Waals surface area (Å²) in [4.78, 5) is 12.5. The van der Waals surface area contributed by atoms with Gasteiger partial charge in [-0.15, -0.1) is 0 Å². The van der Waals surface area contributed by atoms with E-state index < -0.39 is 10.0 Å². The van der Waals surface area contributed by atoms with E-state index in [1.54, 1.807) is 63.4 Å². The van der Waals surface area contributed by atoms with Crippen LogP contribution in [0.5, 0.6) is 0 Å². The molecule has 0 radical (unpaired) electrons. The number of aryl methyl sites for hydroxylation is 2. The Bertz CT molecular complexity index is 1260. The number of halogens is 1. The van der Waals surface area contributed by atoms with Gasteiger partial charge < -0.3 is 10.1 Å². The minimum absolute atomic E-state index is 0.0973. The summed E-state index contributed by atoms with van der Waals surface area (Å²) in [5, 5.41) is 3.40. The highest BCUT2D eigenvalue weighted by Gasteiger charge is 2.19. The van der Waals surface area contributed by atoms with Gasteiger partial charge in [0.25, 0.3) is 15.9 Å². The highest BCUT2D eigenvalue weighted by atomic mass is 35.5. The van der Waals surface area contributed by atoms with Gasteiger partial charge in [0.15, 0.2) is 0 Å². The predicted molar refractivity (Wildman–Crippen MR) is 132 cm³/mol. The number of anilines is 1. The average molecular weight is 487 g/mol. The van der Waals surface area contributed by atoms with Crippen LogP contribution in [-0.4, -0.2) is 34.1 Å². The average Bonchev–Trinajstić information content (AvgIpc) is 2.76. The number of methoxy groups -OCH3 is 1. The lowest BCUT2D eigenvalue weighted by Crippen LogP contribution is -2.35. The van der Waals surface area contributed by atoms with Crippen LogP contribution in [0.2, 0.25) is 5.02 Å². The molecule has 0 heterocycles. The van der Waals surface area contributed by atoms with Crippen LogP contribution in [0.3, 0.4) is 0 Å². The van der Waals surface area contributed by atoms with Crippen molar-refractivity contribution in [3.63, 3.8) is 0 Å². The third-order valence-corrected chi connectivity index (χ3v) is 7.07. The molecule has 0 unspecified atom stereocenters. The Hall–Kier alpha value is -2.87. The molecule has 6 nitrogen and oxygen atoms in total. The molecule has 3 rings (SSSR count). The van der Waals surface area contributed by atoms with Crippen molar-refractivity contribution in [2.24, 2.45) is 0 Å². The molecule has 2 N–H and O–H groups in total. The van der Waals surface area contributed by atoms with Crippen LogP contribution in [0.15, 0.2) is 65.6 Å². The van der Waals surface area contributed by atoms with Crippen molar-refractivity contribution in [2.45, 2.75) is 31.7 Å². The second-order valence-electron chi connectivity index (χ2n) is 7.96. The molecule has 0 aliphatic carbocycles. The molecule has 0 aliphatic rings. The first-order chi connectivity index (χ1) is 15.6. The second kappa shape index (κ2) is 10.4. The Kier molecular flexibility index (Phi) is 7.79. The van der Waals surface area contributed by atoms with E-state index in [9.17, 15) is 13.2 Å². The van der Waals surface area contributed by atoms with Gasteiger partial charge in [-0.05, 0) is 79.4 Å². The number of benzene rings is 3. The maximum atomic E-state index is 13.0. The number of carbonyl (C=O) groups is 1. The van der Waals surface area contributed by atoms with E-state index in [1.807, 2.05) is 25.1 Å². The Morgan fingerprint density at radius 1 is 1.00 bits per heavy atom. The molecule has 33 heavy (non-hydrogen) atoms. The van der Waals surface area contributed by atoms with Gasteiger partial charge in [0.2, 0.25) is 0 Å². The number of hydrogen-bond donors (Lipinski definition) is 2. The molecule has 3 aromatic carbocycles. The number of carbonyl (C=O) groups excluding carboxylic acids is 1. The third kappa shape index (κ3) is 6.13. The fraction of sp³-hybridized carbons (Fsp3) is 0.240. The molecule has 0 aliphatic heterocycles. The standard InChI is InChI=1S/C25H27ClN2O4S/c1-16-13-24(17(2)12-23(16)26)33(30,31)28-22-7-5-6-21(14-22)19-8-10-20(11-9-19)25(29)27-18(3)15-32-4/h5-14,18,28H,15H2,1-4H3,(H,27,29)/t18-/m0/s1. The lowest BCUT2D eigenvalue weighted by molar-refractivity contribution is 0.0905. The van der Waals surface area contributed by atoms with Crippen molar-refractivity contribution in [2.75, 3.05) is 18.4 Å². The maximum absolute atomic E-state index is 13.0. The van der Waals surface area contributed by atoms with Crippen molar-refractivity contribution >= 4 is 33.2 Å². The Morgan fingerprint density at radius 3 is 2.36 bits per heavy atom. The first-order valence-corrected chi connectivity index (χ1v) is 12.3. The van der Waals surface area contributed by atoms with E-state index >= 15 is 0 Å². The number of amides is 1. The van der Waals surface area contributed by atoms with Crippen molar-refractivity contribution in [3.8, 4) is 11.1 Å². The van der Waals surface area contributed by atoms with E-state index in [2.05, 4.69) is 10.0 Å². The lowest BCUT2D eigenvalue weighted by atomic mass is 10.0. The summed E-state index contributed by atoms with van der Waals surface area (Å²) in [7, 11) is -2.20. The normalized spacial score (nSPS) is 12.3. The number of sulfonamides is 1. The topological polar surface area (TPSA) is 84.5 Å². The van der Waals surface area contributed by atoms with E-state index in [-0.39, 0.29) is 16.8 Å². The van der Waals surface area contributed by atoms with E-state index in [0.29, 0.717) is 34.0 Å². The SMILES string of the molecule is COC[C@H](C)NC(=O)c1ccc(-c2cccc(NS(=O)(=O)c3cc(C)c(Cl)cc3C)c2)cc1. The summed E-state index contributed by atoms with van der Waals surface area (Å²) in [5.41, 5.74) is 3.91. The monoisotopic (exact) mass is 486 g/mol. The van der Waals surface area contributed by atoms with Crippen LogP contribution in [0.1, 0.15) is 28.4 Å². The quantitative estimate of drug-likeness (QED) is 0.459. The molecule has 174 valence electrons. The van der Waals surface area contributed by atoms with Crippen molar-refractivity contribution in [1.29, 1.82) is 0 Å². The van der Waals surface area contributed by atoms with Gasteiger partial charge in [0, 0.05) is 29.4 Å². The molecule has 0 fully saturated rings. The lowest BCUT2D eigenvalue weighted by Gasteiger charge is -2.14. The summed E-state index contributed by atoms with van der Waals surface area (Å²) < 4.78 is 33.6. The molecule has 0 spiro atoms. The van der Waals surface area contributed by atoms with E-state index in [4.69, 9.17) is 16.3 Å². The van der Waals surface area contributed by atoms with Crippen LogP contribution < -0.4 is 10.0 Å². The summed E-state index contributed by atoms with van der Waals surface area (Å²) >= 11 is 6.11. The highest BCUT2D eigenvalue weighted by Crippen LogP contribution is 2.28. The molecule has 0 bridgehead atoms. The van der Waals surface area contributed by atoms with E-state index in [0.717, 1.165) is 11.1 Å². The number of nitrogens with one attached hydrogen (secondary N) is 2. The van der Waals surface area contributed by atoms with E-state index in [1.165, 1.54) is 0 Å². The van der Waals surface area contributed by atoms with Crippen LogP contribution >= 0.6 is 11.6 Å². The summed E-state index contributed by atoms with van der Waals surface area (Å²) in [6, 6.07) is 17.4. The van der Waals surface area contributed by atoms with Crippen LogP contribution in [0.25, 0.3) is 11.1 Å². The minimum Gasteiger partial charge on any atom is -0.383 e. The zero-order chi connectivity index (χ0) is 24.2. The van der Waals surface area contributed by atoms with Gasteiger partial charge in [0.05, 0.1) is 11.5 Å². The fourth-order valence-electron chi connectivity index (χ4n) is 3.43. The summed E-state index contributed by atoms with van der Waals surface area (Å²) in [6.45, 7) is 5.78. The van der Waals surface area contributed by atoms with Gasteiger partial charge in [-0.2, -0.15) is 0 Å². The molecule has 1 atom stereocenters. The Morgan fingerprint density at radius 2 is 1.70 bits per heavy atom. The first kappa shape index (κ1) is 24.8. The zero-order valence-electron chi connectivity index (χ0n) is 19.0. The molecular weight excluding hydrogens is 460 g/mol. The molecule has 0 aromatic heterocycles. The van der Waals surface area contributed by atoms with Gasteiger partial charge in [-0.25, -0.2) is 8.42 Å². The maximum Gasteiger partial charge on any atom is 0.262 e. The number of hydrogen-bond acceptors (Lipinski definition) is 4. The molecule has 8 heteroatoms. The van der Waals surface area contributed by atoms with Gasteiger partial charge in [-0.1, -0.05) is 35.9 Å². The van der Waals surface area contributed by atoms with Gasteiger partial charge in [-0.3, -0.25) is 9.52 Å². The highest BCUT2D eigenvalue weighted by molar-refractivity contribution is 7.92. The predicted octanol–water partition coefficient (Wildman–Crippen LogP) is 5.19. The Balaban J connectivity index is 1.80. The Labute approximate surface area is 200 Å². The smallest absolute Gasteiger partial charge is 0.262 e. The molecule has 3 aromatic rings. The molecule has 0 saturated carbocycles. The fourth-order valence-corrected chi connectivity index (χ4v) is 5.01. The molecular formula is C25H27ClN2O4S. The second-order valence-corrected chi connectivity index (χ2v) is 10.0. The molecule has 0 saturated heterocycles. The zero-order valence-corrected chi connectivity index (χ0v) is 20.5. The third-order valence-electron chi connectivity index (χ3n) is 5.14. The van der Waals surface area contributed by atoms with Gasteiger partial charge in [0.1, 0.15) is 0 Å². The minimum atomic E-state index is -3.79. The summed E-state index contributed by atoms with van der Waals surface area (Å²) in [5.74, 6) is -0.179. The van der Waals surface area contributed by atoms with Crippen LogP contribution in [-0.2, 0) is 14.8 Å². The van der Waals surface area contributed by atoms with Crippen molar-refractivity contribution in [1.82, 2.24) is 5.32 Å². The van der Waals surface area contributed by atoms with Crippen LogP contribution in [0.4, 0.5) is 5.69 Å².